The number of alkyl halides is 3. The highest BCUT2D eigenvalue weighted by Crippen LogP contribution is 2.29. The molecule has 158 valence electrons. The fourth-order valence-corrected chi connectivity index (χ4v) is 2.87. The molecule has 3 rings (SSSR count). The third-order valence-electron chi connectivity index (χ3n) is 4.28. The van der Waals surface area contributed by atoms with E-state index in [1.54, 1.807) is 10.7 Å². The molecule has 0 aliphatic carbocycles. The fraction of sp³-hybridized carbons (Fsp3) is 0.300. The topological polar surface area (TPSA) is 84.7 Å². The van der Waals surface area contributed by atoms with Gasteiger partial charge in [0.1, 0.15) is 12.1 Å². The number of anilines is 1. The van der Waals surface area contributed by atoms with Crippen LogP contribution in [0.2, 0.25) is 0 Å². The van der Waals surface area contributed by atoms with E-state index in [9.17, 15) is 18.0 Å². The summed E-state index contributed by atoms with van der Waals surface area (Å²) in [6, 6.07) is 8.26. The lowest BCUT2D eigenvalue weighted by molar-refractivity contribution is -0.137. The van der Waals surface area contributed by atoms with Crippen LogP contribution >= 0.6 is 0 Å². The zero-order valence-electron chi connectivity index (χ0n) is 16.5. The second kappa shape index (κ2) is 8.93. The predicted octanol–water partition coefficient (Wildman–Crippen LogP) is 3.07. The molecule has 0 aliphatic rings. The molecule has 0 saturated heterocycles. The lowest BCUT2D eigenvalue weighted by Crippen LogP contribution is -2.30. The smallest absolute Gasteiger partial charge is 0.368 e. The van der Waals surface area contributed by atoms with Crippen molar-refractivity contribution in [3.63, 3.8) is 0 Å². The van der Waals surface area contributed by atoms with Crippen molar-refractivity contribution in [2.75, 3.05) is 18.4 Å². The van der Waals surface area contributed by atoms with Crippen LogP contribution in [0.1, 0.15) is 22.5 Å². The van der Waals surface area contributed by atoms with Crippen LogP contribution in [-0.4, -0.2) is 38.7 Å². The molecule has 1 amide bonds. The summed E-state index contributed by atoms with van der Waals surface area (Å²) in [5, 5.41) is 10.2. The van der Waals surface area contributed by atoms with Gasteiger partial charge in [-0.25, -0.2) is 14.6 Å². The molecule has 2 N–H and O–H groups in total. The summed E-state index contributed by atoms with van der Waals surface area (Å²) in [5.74, 6) is 0.941. The van der Waals surface area contributed by atoms with Crippen LogP contribution in [-0.2, 0) is 17.4 Å². The van der Waals surface area contributed by atoms with Crippen LogP contribution < -0.4 is 10.6 Å². The number of benzene rings is 1. The minimum atomic E-state index is -4.39. The minimum absolute atomic E-state index is 0.00766. The highest BCUT2D eigenvalue weighted by molar-refractivity contribution is 5.78. The third kappa shape index (κ3) is 5.56. The number of aryl methyl sites for hydroxylation is 2. The van der Waals surface area contributed by atoms with Crippen molar-refractivity contribution in [2.24, 2.45) is 0 Å². The van der Waals surface area contributed by atoms with Gasteiger partial charge in [-0.15, -0.1) is 0 Å². The average molecular weight is 418 g/mol. The van der Waals surface area contributed by atoms with Crippen molar-refractivity contribution in [3.05, 3.63) is 65.2 Å². The second-order valence-electron chi connectivity index (χ2n) is 6.75. The Morgan fingerprint density at radius 1 is 1.07 bits per heavy atom. The monoisotopic (exact) mass is 418 g/mol. The average Bonchev–Trinajstić information content (AvgIpc) is 3.03. The largest absolute Gasteiger partial charge is 0.416 e. The van der Waals surface area contributed by atoms with Gasteiger partial charge in [-0.1, -0.05) is 12.1 Å². The minimum Gasteiger partial charge on any atom is -0.368 e. The predicted molar refractivity (Wildman–Crippen MR) is 105 cm³/mol. The number of aromatic nitrogens is 4. The van der Waals surface area contributed by atoms with E-state index in [-0.39, 0.29) is 12.3 Å². The number of rotatable bonds is 7. The van der Waals surface area contributed by atoms with Crippen molar-refractivity contribution in [1.82, 2.24) is 25.1 Å². The lowest BCUT2D eigenvalue weighted by atomic mass is 10.1. The molecular formula is C20H21F3N6O. The molecule has 0 fully saturated rings. The van der Waals surface area contributed by atoms with Crippen LogP contribution in [0.5, 0.6) is 0 Å². The molecule has 1 aromatic carbocycles. The molecule has 0 aliphatic heterocycles. The summed E-state index contributed by atoms with van der Waals surface area (Å²) < 4.78 is 39.4. The number of carbonyl (C=O) groups is 1. The Hall–Kier alpha value is -3.43. The number of hydrogen-bond acceptors (Lipinski definition) is 5. The maximum Gasteiger partial charge on any atom is 0.416 e. The zero-order chi connectivity index (χ0) is 21.7. The van der Waals surface area contributed by atoms with Gasteiger partial charge >= 0.3 is 6.18 Å². The summed E-state index contributed by atoms with van der Waals surface area (Å²) in [6.07, 6.45) is -2.95. The summed E-state index contributed by atoms with van der Waals surface area (Å²) in [6.45, 7) is 4.59. The molecule has 7 nitrogen and oxygen atoms in total. The highest BCUT2D eigenvalue weighted by Gasteiger charge is 2.29. The first-order valence-corrected chi connectivity index (χ1v) is 9.25. The Bertz CT molecular complexity index is 1010. The number of hydrogen-bond donors (Lipinski definition) is 2. The summed E-state index contributed by atoms with van der Waals surface area (Å²) in [5.41, 5.74) is 1.61. The molecule has 2 heterocycles. The van der Waals surface area contributed by atoms with Crippen molar-refractivity contribution in [1.29, 1.82) is 0 Å². The summed E-state index contributed by atoms with van der Waals surface area (Å²) in [4.78, 5) is 20.3. The van der Waals surface area contributed by atoms with Gasteiger partial charge in [-0.3, -0.25) is 4.79 Å². The van der Waals surface area contributed by atoms with Gasteiger partial charge in [0.15, 0.2) is 5.82 Å². The Labute approximate surface area is 171 Å². The van der Waals surface area contributed by atoms with E-state index >= 15 is 0 Å². The van der Waals surface area contributed by atoms with Gasteiger partial charge < -0.3 is 10.6 Å². The Balaban J connectivity index is 1.46. The standard InChI is InChI=1S/C20H21F3N6O/c1-13-9-14(2)29(28-13)18-11-17(26-12-27-18)24-7-8-25-19(30)10-15-3-5-16(6-4-15)20(21,22)23/h3-6,9,11-12H,7-8,10H2,1-2H3,(H,25,30)(H,24,26,27). The van der Waals surface area contributed by atoms with E-state index in [1.807, 2.05) is 19.9 Å². The van der Waals surface area contributed by atoms with Crippen molar-refractivity contribution in [2.45, 2.75) is 26.4 Å². The van der Waals surface area contributed by atoms with Crippen molar-refractivity contribution in [3.8, 4) is 5.82 Å². The number of nitrogens with one attached hydrogen (secondary N) is 2. The van der Waals surface area contributed by atoms with Crippen molar-refractivity contribution >= 4 is 11.7 Å². The van der Waals surface area contributed by atoms with Gasteiger partial charge in [0.25, 0.3) is 0 Å². The Morgan fingerprint density at radius 2 is 1.80 bits per heavy atom. The molecule has 0 bridgehead atoms. The van der Waals surface area contributed by atoms with E-state index in [0.29, 0.717) is 30.3 Å². The van der Waals surface area contributed by atoms with Crippen LogP contribution in [0.25, 0.3) is 5.82 Å². The Kier molecular flexibility index (Phi) is 6.34. The van der Waals surface area contributed by atoms with Gasteiger partial charge in [0, 0.05) is 24.8 Å². The van der Waals surface area contributed by atoms with E-state index in [0.717, 1.165) is 23.5 Å². The normalized spacial score (nSPS) is 11.4. The van der Waals surface area contributed by atoms with E-state index in [2.05, 4.69) is 25.7 Å². The second-order valence-corrected chi connectivity index (χ2v) is 6.75. The first-order chi connectivity index (χ1) is 14.2. The number of carbonyl (C=O) groups excluding carboxylic acids is 1. The zero-order valence-corrected chi connectivity index (χ0v) is 16.5. The molecule has 0 unspecified atom stereocenters. The summed E-state index contributed by atoms with van der Waals surface area (Å²) in [7, 11) is 0. The number of halogens is 3. The molecule has 0 spiro atoms. The molecule has 2 aromatic heterocycles. The van der Waals surface area contributed by atoms with Crippen LogP contribution in [0, 0.1) is 13.8 Å². The highest BCUT2D eigenvalue weighted by atomic mass is 19.4. The van der Waals surface area contributed by atoms with Crippen LogP contribution in [0.15, 0.2) is 42.7 Å². The van der Waals surface area contributed by atoms with E-state index < -0.39 is 11.7 Å². The van der Waals surface area contributed by atoms with Gasteiger partial charge in [-0.05, 0) is 37.6 Å². The molecule has 0 atom stereocenters. The quantitative estimate of drug-likeness (QED) is 0.576. The molecule has 30 heavy (non-hydrogen) atoms. The first kappa shape index (κ1) is 21.3. The molecule has 0 saturated carbocycles. The van der Waals surface area contributed by atoms with Gasteiger partial charge in [0.2, 0.25) is 5.91 Å². The van der Waals surface area contributed by atoms with Gasteiger partial charge in [0.05, 0.1) is 17.7 Å². The van der Waals surface area contributed by atoms with Crippen LogP contribution in [0.3, 0.4) is 0 Å². The first-order valence-electron chi connectivity index (χ1n) is 9.25. The third-order valence-corrected chi connectivity index (χ3v) is 4.28. The maximum absolute atomic E-state index is 12.6. The SMILES string of the molecule is Cc1cc(C)n(-c2cc(NCCNC(=O)Cc3ccc(C(F)(F)F)cc3)ncn2)n1. The molecule has 0 radical (unpaired) electrons. The van der Waals surface area contributed by atoms with Gasteiger partial charge in [-0.2, -0.15) is 18.3 Å². The van der Waals surface area contributed by atoms with E-state index in [4.69, 9.17) is 0 Å². The lowest BCUT2D eigenvalue weighted by Gasteiger charge is -2.10. The number of amides is 1. The fourth-order valence-electron chi connectivity index (χ4n) is 2.87. The molecule has 3 aromatic rings. The number of nitrogens with zero attached hydrogens (tertiary/aromatic N) is 4. The molecular weight excluding hydrogens is 397 g/mol. The van der Waals surface area contributed by atoms with E-state index in [1.165, 1.54) is 18.5 Å². The maximum atomic E-state index is 12.6. The van der Waals surface area contributed by atoms with Crippen LogP contribution in [0.4, 0.5) is 19.0 Å². The Morgan fingerprint density at radius 3 is 2.43 bits per heavy atom. The molecule has 10 heteroatoms. The summed E-state index contributed by atoms with van der Waals surface area (Å²) >= 11 is 0. The van der Waals surface area contributed by atoms with Crippen molar-refractivity contribution < 1.29 is 18.0 Å².